The molecular formula is C14H22FN3. The van der Waals surface area contributed by atoms with Crippen LogP contribution in [0.25, 0.3) is 0 Å². The van der Waals surface area contributed by atoms with Gasteiger partial charge in [-0.1, -0.05) is 13.8 Å². The summed E-state index contributed by atoms with van der Waals surface area (Å²) >= 11 is 0. The van der Waals surface area contributed by atoms with E-state index in [-0.39, 0.29) is 11.9 Å². The van der Waals surface area contributed by atoms with Crippen LogP contribution in [0.15, 0.2) is 18.3 Å². The molecule has 1 saturated carbocycles. The zero-order valence-electron chi connectivity index (χ0n) is 11.1. The number of rotatable bonds is 6. The Kier molecular flexibility index (Phi) is 4.30. The molecule has 0 amide bonds. The number of aromatic nitrogens is 1. The third-order valence-corrected chi connectivity index (χ3v) is 3.70. The molecule has 18 heavy (non-hydrogen) atoms. The summed E-state index contributed by atoms with van der Waals surface area (Å²) in [4.78, 5) is 6.55. The minimum atomic E-state index is -0.313. The fraction of sp³-hybridized carbons (Fsp3) is 0.643. The van der Waals surface area contributed by atoms with Gasteiger partial charge in [0.05, 0.1) is 17.9 Å². The van der Waals surface area contributed by atoms with Crippen molar-refractivity contribution in [1.82, 2.24) is 9.88 Å². The molecule has 2 unspecified atom stereocenters. The van der Waals surface area contributed by atoms with Crippen LogP contribution in [0.1, 0.15) is 38.4 Å². The van der Waals surface area contributed by atoms with Crippen molar-refractivity contribution in [2.24, 2.45) is 11.7 Å². The summed E-state index contributed by atoms with van der Waals surface area (Å²) in [6.07, 6.45) is 3.86. The smallest absolute Gasteiger partial charge is 0.141 e. The number of nitrogens with zero attached hydrogens (tertiary/aromatic N) is 2. The van der Waals surface area contributed by atoms with Gasteiger partial charge in [0.2, 0.25) is 0 Å². The summed E-state index contributed by atoms with van der Waals surface area (Å²) in [5.41, 5.74) is 6.97. The van der Waals surface area contributed by atoms with Crippen LogP contribution in [0.5, 0.6) is 0 Å². The van der Waals surface area contributed by atoms with Crippen molar-refractivity contribution in [2.45, 2.75) is 38.8 Å². The zero-order valence-corrected chi connectivity index (χ0v) is 11.1. The highest BCUT2D eigenvalue weighted by Crippen LogP contribution is 2.29. The van der Waals surface area contributed by atoms with Crippen LogP contribution in [-0.4, -0.2) is 29.0 Å². The first-order valence-electron chi connectivity index (χ1n) is 6.73. The molecule has 1 fully saturated rings. The second-order valence-electron chi connectivity index (χ2n) is 5.22. The monoisotopic (exact) mass is 251 g/mol. The first-order chi connectivity index (χ1) is 8.61. The van der Waals surface area contributed by atoms with Crippen LogP contribution in [0.4, 0.5) is 4.39 Å². The van der Waals surface area contributed by atoms with Crippen LogP contribution in [0, 0.1) is 11.7 Å². The fourth-order valence-electron chi connectivity index (χ4n) is 2.34. The lowest BCUT2D eigenvalue weighted by molar-refractivity contribution is 0.222. The van der Waals surface area contributed by atoms with Crippen molar-refractivity contribution in [2.75, 3.05) is 13.1 Å². The van der Waals surface area contributed by atoms with Gasteiger partial charge < -0.3 is 10.6 Å². The summed E-state index contributed by atoms with van der Waals surface area (Å²) in [5, 5.41) is 0. The lowest BCUT2D eigenvalue weighted by Crippen LogP contribution is -2.35. The molecular weight excluding hydrogens is 229 g/mol. The van der Waals surface area contributed by atoms with E-state index in [0.29, 0.717) is 5.92 Å². The predicted octanol–water partition coefficient (Wildman–Crippen LogP) is 2.34. The SMILES string of the molecule is CCN(CC(C)C(N)c1ccc(F)cn1)C1CC1. The van der Waals surface area contributed by atoms with Crippen molar-refractivity contribution in [1.29, 1.82) is 0 Å². The van der Waals surface area contributed by atoms with Crippen LogP contribution in [0.3, 0.4) is 0 Å². The Bertz CT molecular complexity index is 375. The Hall–Kier alpha value is -1.00. The van der Waals surface area contributed by atoms with E-state index in [1.807, 2.05) is 0 Å². The van der Waals surface area contributed by atoms with Crippen molar-refractivity contribution in [3.05, 3.63) is 29.8 Å². The van der Waals surface area contributed by atoms with Gasteiger partial charge in [0.25, 0.3) is 0 Å². The Morgan fingerprint density at radius 2 is 2.22 bits per heavy atom. The largest absolute Gasteiger partial charge is 0.322 e. The molecule has 1 aliphatic carbocycles. The number of hydrogen-bond donors (Lipinski definition) is 1. The van der Waals surface area contributed by atoms with Gasteiger partial charge in [-0.3, -0.25) is 4.98 Å². The summed E-state index contributed by atoms with van der Waals surface area (Å²) in [6.45, 7) is 6.38. The first kappa shape index (κ1) is 13.4. The molecule has 0 bridgehead atoms. The topological polar surface area (TPSA) is 42.1 Å². The maximum absolute atomic E-state index is 12.8. The van der Waals surface area contributed by atoms with E-state index in [1.54, 1.807) is 6.07 Å². The molecule has 100 valence electrons. The van der Waals surface area contributed by atoms with Gasteiger partial charge in [0.1, 0.15) is 5.82 Å². The van der Waals surface area contributed by atoms with Crippen molar-refractivity contribution in [3.63, 3.8) is 0 Å². The molecule has 2 N–H and O–H groups in total. The first-order valence-corrected chi connectivity index (χ1v) is 6.73. The molecule has 3 nitrogen and oxygen atoms in total. The summed E-state index contributed by atoms with van der Waals surface area (Å²) in [7, 11) is 0. The number of nitrogens with two attached hydrogens (primary N) is 1. The standard InChI is InChI=1S/C14H22FN3/c1-3-18(12-5-6-12)9-10(2)14(16)13-7-4-11(15)8-17-13/h4,7-8,10,12,14H,3,5-6,9,16H2,1-2H3. The van der Waals surface area contributed by atoms with Gasteiger partial charge in [-0.05, 0) is 37.4 Å². The maximum Gasteiger partial charge on any atom is 0.141 e. The number of halogens is 1. The van der Waals surface area contributed by atoms with Crippen LogP contribution < -0.4 is 5.73 Å². The highest BCUT2D eigenvalue weighted by Gasteiger charge is 2.30. The fourth-order valence-corrected chi connectivity index (χ4v) is 2.34. The molecule has 2 rings (SSSR count). The average Bonchev–Trinajstić information content (AvgIpc) is 3.20. The van der Waals surface area contributed by atoms with Crippen LogP contribution in [0.2, 0.25) is 0 Å². The second-order valence-corrected chi connectivity index (χ2v) is 5.22. The molecule has 2 atom stereocenters. The van der Waals surface area contributed by atoms with Gasteiger partial charge >= 0.3 is 0 Å². The quantitative estimate of drug-likeness (QED) is 0.844. The maximum atomic E-state index is 12.8. The lowest BCUT2D eigenvalue weighted by Gasteiger charge is -2.27. The summed E-state index contributed by atoms with van der Waals surface area (Å²) in [5.74, 6) is 0.00952. The number of hydrogen-bond acceptors (Lipinski definition) is 3. The van der Waals surface area contributed by atoms with Crippen molar-refractivity contribution < 1.29 is 4.39 Å². The summed E-state index contributed by atoms with van der Waals surface area (Å²) < 4.78 is 12.8. The molecule has 1 aromatic heterocycles. The van der Waals surface area contributed by atoms with E-state index >= 15 is 0 Å². The van der Waals surface area contributed by atoms with E-state index in [4.69, 9.17) is 5.73 Å². The molecule has 1 aliphatic rings. The van der Waals surface area contributed by atoms with E-state index in [1.165, 1.54) is 25.1 Å². The van der Waals surface area contributed by atoms with Gasteiger partial charge in [0, 0.05) is 12.6 Å². The Morgan fingerprint density at radius 3 is 2.72 bits per heavy atom. The van der Waals surface area contributed by atoms with E-state index in [9.17, 15) is 4.39 Å². The minimum absolute atomic E-state index is 0.126. The normalized spacial score (nSPS) is 18.9. The Labute approximate surface area is 108 Å². The second kappa shape index (κ2) is 5.76. The number of pyridine rings is 1. The average molecular weight is 251 g/mol. The van der Waals surface area contributed by atoms with Gasteiger partial charge in [0.15, 0.2) is 0 Å². The van der Waals surface area contributed by atoms with E-state index < -0.39 is 0 Å². The lowest BCUT2D eigenvalue weighted by atomic mass is 9.98. The van der Waals surface area contributed by atoms with Crippen LogP contribution in [-0.2, 0) is 0 Å². The Balaban J connectivity index is 1.94. The Morgan fingerprint density at radius 1 is 1.50 bits per heavy atom. The molecule has 0 aromatic carbocycles. The highest BCUT2D eigenvalue weighted by atomic mass is 19.1. The molecule has 0 radical (unpaired) electrons. The molecule has 4 heteroatoms. The van der Waals surface area contributed by atoms with Gasteiger partial charge in [-0.2, -0.15) is 0 Å². The predicted molar refractivity (Wildman–Crippen MR) is 70.6 cm³/mol. The van der Waals surface area contributed by atoms with Crippen molar-refractivity contribution >= 4 is 0 Å². The van der Waals surface area contributed by atoms with Crippen molar-refractivity contribution in [3.8, 4) is 0 Å². The van der Waals surface area contributed by atoms with Crippen LogP contribution >= 0.6 is 0 Å². The highest BCUT2D eigenvalue weighted by molar-refractivity contribution is 5.10. The minimum Gasteiger partial charge on any atom is -0.322 e. The molecule has 0 spiro atoms. The molecule has 1 heterocycles. The van der Waals surface area contributed by atoms with E-state index in [2.05, 4.69) is 23.7 Å². The molecule has 0 saturated heterocycles. The van der Waals surface area contributed by atoms with E-state index in [0.717, 1.165) is 24.8 Å². The summed E-state index contributed by atoms with van der Waals surface area (Å²) in [6, 6.07) is 3.74. The molecule has 0 aliphatic heterocycles. The van der Waals surface area contributed by atoms with Gasteiger partial charge in [-0.25, -0.2) is 4.39 Å². The third kappa shape index (κ3) is 3.27. The molecule has 1 aromatic rings. The third-order valence-electron chi connectivity index (χ3n) is 3.70. The van der Waals surface area contributed by atoms with Gasteiger partial charge in [-0.15, -0.1) is 0 Å². The zero-order chi connectivity index (χ0) is 13.1.